The Morgan fingerprint density at radius 3 is 2.90 bits per heavy atom. The van der Waals surface area contributed by atoms with E-state index in [1.807, 2.05) is 36.4 Å². The topological polar surface area (TPSA) is 64.9 Å². The Balaban J connectivity index is 1.57. The van der Waals surface area contributed by atoms with Crippen molar-refractivity contribution >= 4 is 50.1 Å². The summed E-state index contributed by atoms with van der Waals surface area (Å²) in [5.41, 5.74) is 9.05. The van der Waals surface area contributed by atoms with Gasteiger partial charge in [0.05, 0.1) is 16.0 Å². The van der Waals surface area contributed by atoms with E-state index in [0.717, 1.165) is 21.0 Å². The van der Waals surface area contributed by atoms with Gasteiger partial charge in [0.2, 0.25) is 5.89 Å². The number of rotatable bonds is 3. The number of thiazole rings is 1. The van der Waals surface area contributed by atoms with E-state index >= 15 is 0 Å². The molecule has 0 fully saturated rings. The molecule has 0 radical (unpaired) electrons. The normalized spacial score (nSPS) is 11.4. The lowest BCUT2D eigenvalue weighted by Gasteiger charge is -1.91. The number of thioether (sulfide) groups is 1. The minimum atomic E-state index is 0.661. The molecule has 104 valence electrons. The first-order valence-electron chi connectivity index (χ1n) is 6.41. The molecule has 2 heterocycles. The molecule has 0 bridgehead atoms. The number of nitrogen functional groups attached to an aromatic ring is 1. The van der Waals surface area contributed by atoms with Crippen LogP contribution in [0.3, 0.4) is 0 Å². The molecule has 0 saturated carbocycles. The van der Waals surface area contributed by atoms with Crippen LogP contribution in [0.1, 0.15) is 5.89 Å². The van der Waals surface area contributed by atoms with Crippen LogP contribution in [0.15, 0.2) is 51.2 Å². The minimum absolute atomic E-state index is 0.661. The van der Waals surface area contributed by atoms with Crippen molar-refractivity contribution in [2.24, 2.45) is 0 Å². The van der Waals surface area contributed by atoms with Crippen molar-refractivity contribution in [3.05, 3.63) is 48.4 Å². The maximum atomic E-state index is 5.75. The van der Waals surface area contributed by atoms with Crippen LogP contribution in [-0.4, -0.2) is 9.97 Å². The molecule has 0 aliphatic heterocycles. The lowest BCUT2D eigenvalue weighted by Crippen LogP contribution is -1.82. The molecule has 0 unspecified atom stereocenters. The molecular formula is C15H11N3OS2. The lowest BCUT2D eigenvalue weighted by atomic mass is 10.3. The molecule has 0 aliphatic rings. The highest BCUT2D eigenvalue weighted by Crippen LogP contribution is 2.31. The summed E-state index contributed by atoms with van der Waals surface area (Å²) in [4.78, 5) is 9.04. The molecule has 2 N–H and O–H groups in total. The molecule has 2 aromatic carbocycles. The summed E-state index contributed by atoms with van der Waals surface area (Å²) in [6.45, 7) is 0. The van der Waals surface area contributed by atoms with E-state index in [0.29, 0.717) is 17.3 Å². The Kier molecular flexibility index (Phi) is 3.05. The van der Waals surface area contributed by atoms with Crippen molar-refractivity contribution in [3.8, 4) is 0 Å². The van der Waals surface area contributed by atoms with Gasteiger partial charge in [0.15, 0.2) is 9.92 Å². The number of benzene rings is 2. The molecule has 0 amide bonds. The molecule has 2 aromatic heterocycles. The van der Waals surface area contributed by atoms with Gasteiger partial charge < -0.3 is 10.2 Å². The number of para-hydroxylation sites is 1. The summed E-state index contributed by atoms with van der Waals surface area (Å²) in [5.74, 6) is 1.36. The average Bonchev–Trinajstić information content (AvgIpc) is 3.07. The van der Waals surface area contributed by atoms with Gasteiger partial charge in [0, 0.05) is 5.69 Å². The largest absolute Gasteiger partial charge is 0.440 e. The van der Waals surface area contributed by atoms with E-state index in [4.69, 9.17) is 10.2 Å². The third-order valence-corrected chi connectivity index (χ3v) is 5.21. The number of nitrogens with zero attached hydrogens (tertiary/aromatic N) is 2. The van der Waals surface area contributed by atoms with Crippen LogP contribution in [0.25, 0.3) is 21.3 Å². The molecule has 4 nitrogen and oxygen atoms in total. The fourth-order valence-corrected chi connectivity index (χ4v) is 4.00. The van der Waals surface area contributed by atoms with E-state index in [1.165, 1.54) is 4.70 Å². The van der Waals surface area contributed by atoms with Gasteiger partial charge in [0.25, 0.3) is 0 Å². The lowest BCUT2D eigenvalue weighted by molar-refractivity contribution is 0.556. The first-order valence-corrected chi connectivity index (χ1v) is 8.21. The van der Waals surface area contributed by atoms with Gasteiger partial charge in [0.1, 0.15) is 5.52 Å². The van der Waals surface area contributed by atoms with Crippen molar-refractivity contribution in [2.75, 3.05) is 5.73 Å². The van der Waals surface area contributed by atoms with E-state index in [1.54, 1.807) is 23.1 Å². The van der Waals surface area contributed by atoms with Crippen LogP contribution in [0.4, 0.5) is 5.69 Å². The average molecular weight is 313 g/mol. The zero-order valence-electron chi connectivity index (χ0n) is 10.9. The first kappa shape index (κ1) is 12.7. The maximum Gasteiger partial charge on any atom is 0.205 e. The van der Waals surface area contributed by atoms with Gasteiger partial charge in [-0.05, 0) is 30.3 Å². The van der Waals surface area contributed by atoms with Crippen LogP contribution in [0.5, 0.6) is 0 Å². The number of aromatic nitrogens is 2. The molecule has 6 heteroatoms. The zero-order chi connectivity index (χ0) is 14.2. The van der Waals surface area contributed by atoms with Crippen LogP contribution in [0, 0.1) is 0 Å². The minimum Gasteiger partial charge on any atom is -0.440 e. The smallest absolute Gasteiger partial charge is 0.205 e. The van der Waals surface area contributed by atoms with Gasteiger partial charge in [-0.25, -0.2) is 9.97 Å². The Morgan fingerprint density at radius 1 is 1.10 bits per heavy atom. The first-order chi connectivity index (χ1) is 10.3. The monoisotopic (exact) mass is 313 g/mol. The van der Waals surface area contributed by atoms with Crippen molar-refractivity contribution in [2.45, 2.75) is 10.1 Å². The second kappa shape index (κ2) is 5.05. The molecule has 0 atom stereocenters. The Hall–Kier alpha value is -2.05. The van der Waals surface area contributed by atoms with E-state index < -0.39 is 0 Å². The predicted molar refractivity (Wildman–Crippen MR) is 87.6 cm³/mol. The number of nitrogens with two attached hydrogens (primary N) is 1. The molecule has 0 saturated heterocycles. The van der Waals surface area contributed by atoms with Crippen molar-refractivity contribution in [1.29, 1.82) is 0 Å². The quantitative estimate of drug-likeness (QED) is 0.451. The maximum absolute atomic E-state index is 5.75. The molecule has 0 aliphatic carbocycles. The third kappa shape index (κ3) is 2.48. The standard InChI is InChI=1S/C15H11N3OS2/c16-9-5-6-12-11(7-9)17-14(19-12)8-20-15-18-10-3-1-2-4-13(10)21-15/h1-7H,8,16H2. The van der Waals surface area contributed by atoms with Crippen LogP contribution in [-0.2, 0) is 5.75 Å². The Morgan fingerprint density at radius 2 is 2.00 bits per heavy atom. The number of anilines is 1. The van der Waals surface area contributed by atoms with Gasteiger partial charge in [-0.15, -0.1) is 11.3 Å². The van der Waals surface area contributed by atoms with Gasteiger partial charge >= 0.3 is 0 Å². The highest BCUT2D eigenvalue weighted by molar-refractivity contribution is 8.00. The number of hydrogen-bond donors (Lipinski definition) is 1. The van der Waals surface area contributed by atoms with E-state index in [-0.39, 0.29) is 0 Å². The summed E-state index contributed by atoms with van der Waals surface area (Å²) in [6, 6.07) is 13.6. The summed E-state index contributed by atoms with van der Waals surface area (Å²) >= 11 is 3.33. The second-order valence-electron chi connectivity index (χ2n) is 4.57. The highest BCUT2D eigenvalue weighted by atomic mass is 32.2. The summed E-state index contributed by atoms with van der Waals surface area (Å²) in [6.07, 6.45) is 0. The number of oxazole rings is 1. The SMILES string of the molecule is Nc1ccc2oc(CSc3nc4ccccc4s3)nc2c1. The summed E-state index contributed by atoms with van der Waals surface area (Å²) in [7, 11) is 0. The predicted octanol–water partition coefficient (Wildman–Crippen LogP) is 4.31. The number of fused-ring (bicyclic) bond motifs is 2. The van der Waals surface area contributed by atoms with E-state index in [2.05, 4.69) is 16.0 Å². The summed E-state index contributed by atoms with van der Waals surface area (Å²) in [5, 5.41) is 0. The molecule has 21 heavy (non-hydrogen) atoms. The van der Waals surface area contributed by atoms with Gasteiger partial charge in [-0.1, -0.05) is 23.9 Å². The van der Waals surface area contributed by atoms with Crippen molar-refractivity contribution in [1.82, 2.24) is 9.97 Å². The van der Waals surface area contributed by atoms with Crippen molar-refractivity contribution < 1.29 is 4.42 Å². The van der Waals surface area contributed by atoms with Crippen LogP contribution >= 0.6 is 23.1 Å². The van der Waals surface area contributed by atoms with Crippen molar-refractivity contribution in [3.63, 3.8) is 0 Å². The second-order valence-corrected chi connectivity index (χ2v) is 6.82. The fourth-order valence-electron chi connectivity index (χ4n) is 2.09. The molecular weight excluding hydrogens is 302 g/mol. The third-order valence-electron chi connectivity index (χ3n) is 3.05. The van der Waals surface area contributed by atoms with Crippen LogP contribution < -0.4 is 5.73 Å². The van der Waals surface area contributed by atoms with Crippen LogP contribution in [0.2, 0.25) is 0 Å². The Bertz CT molecular complexity index is 896. The number of hydrogen-bond acceptors (Lipinski definition) is 6. The van der Waals surface area contributed by atoms with Gasteiger partial charge in [-0.2, -0.15) is 0 Å². The molecule has 0 spiro atoms. The molecule has 4 rings (SSSR count). The van der Waals surface area contributed by atoms with Gasteiger partial charge in [-0.3, -0.25) is 0 Å². The Labute approximate surface area is 129 Å². The zero-order valence-corrected chi connectivity index (χ0v) is 12.6. The molecule has 4 aromatic rings. The highest BCUT2D eigenvalue weighted by Gasteiger charge is 2.09. The summed E-state index contributed by atoms with van der Waals surface area (Å²) < 4.78 is 7.93. The fraction of sp³-hybridized carbons (Fsp3) is 0.0667. The van der Waals surface area contributed by atoms with E-state index in [9.17, 15) is 0 Å².